The summed E-state index contributed by atoms with van der Waals surface area (Å²) in [4.78, 5) is 11.0. The van der Waals surface area contributed by atoms with Crippen LogP contribution in [0.3, 0.4) is 0 Å². The van der Waals surface area contributed by atoms with Gasteiger partial charge in [-0.1, -0.05) is 0 Å². The lowest BCUT2D eigenvalue weighted by Crippen LogP contribution is -2.63. The number of hydrogen-bond acceptors (Lipinski definition) is 6. The molecule has 0 aromatic carbocycles. The fraction of sp³-hybridized carbons (Fsp3) is 0.875. The minimum absolute atomic E-state index is 0.324. The van der Waals surface area contributed by atoms with Gasteiger partial charge in [0.1, 0.15) is 30.3 Å². The predicted molar refractivity (Wildman–Crippen MR) is 52.6 cm³/mol. The maximum atomic E-state index is 11.0. The standard InChI is InChI=1S/C8H14ClNO6/c9-1-4(12)10-8-7(15)6(14)5(13)3(2-11)16-8/h3,5-8,11,13-15H,1-2H2,(H,10,12). The number of halogens is 1. The number of alkyl halides is 1. The highest BCUT2D eigenvalue weighted by Gasteiger charge is 2.43. The van der Waals surface area contributed by atoms with Crippen molar-refractivity contribution in [2.24, 2.45) is 0 Å². The first kappa shape index (κ1) is 13.6. The van der Waals surface area contributed by atoms with Gasteiger partial charge >= 0.3 is 0 Å². The van der Waals surface area contributed by atoms with Crippen molar-refractivity contribution in [1.29, 1.82) is 0 Å². The van der Waals surface area contributed by atoms with Crippen LogP contribution in [0, 0.1) is 0 Å². The van der Waals surface area contributed by atoms with E-state index in [9.17, 15) is 20.1 Å². The molecule has 1 aliphatic heterocycles. The molecular weight excluding hydrogens is 242 g/mol. The zero-order valence-corrected chi connectivity index (χ0v) is 9.04. The van der Waals surface area contributed by atoms with E-state index in [0.29, 0.717) is 0 Å². The average Bonchev–Trinajstić information content (AvgIpc) is 2.29. The second-order valence-electron chi connectivity index (χ2n) is 3.45. The first-order valence-corrected chi connectivity index (χ1v) is 5.20. The molecule has 5 N–H and O–H groups in total. The first-order chi connectivity index (χ1) is 7.51. The third-order valence-corrected chi connectivity index (χ3v) is 2.56. The van der Waals surface area contributed by atoms with E-state index in [-0.39, 0.29) is 5.88 Å². The van der Waals surface area contributed by atoms with E-state index in [1.807, 2.05) is 0 Å². The topological polar surface area (TPSA) is 119 Å². The van der Waals surface area contributed by atoms with Gasteiger partial charge in [-0.05, 0) is 0 Å². The zero-order chi connectivity index (χ0) is 12.3. The fourth-order valence-corrected chi connectivity index (χ4v) is 1.50. The van der Waals surface area contributed by atoms with Crippen LogP contribution < -0.4 is 5.32 Å². The molecule has 1 heterocycles. The lowest BCUT2D eigenvalue weighted by Gasteiger charge is -2.39. The summed E-state index contributed by atoms with van der Waals surface area (Å²) in [6, 6.07) is 0. The lowest BCUT2D eigenvalue weighted by molar-refractivity contribution is -0.235. The summed E-state index contributed by atoms with van der Waals surface area (Å²) in [6.07, 6.45) is -6.68. The van der Waals surface area contributed by atoms with Gasteiger partial charge in [-0.3, -0.25) is 4.79 Å². The molecule has 0 bridgehead atoms. The number of aliphatic hydroxyl groups is 4. The van der Waals surface area contributed by atoms with Crippen LogP contribution in [0.4, 0.5) is 0 Å². The van der Waals surface area contributed by atoms with Crippen LogP contribution in [0.25, 0.3) is 0 Å². The molecule has 8 heteroatoms. The summed E-state index contributed by atoms with van der Waals surface area (Å²) in [5.41, 5.74) is 0. The molecule has 1 aliphatic rings. The van der Waals surface area contributed by atoms with Crippen molar-refractivity contribution in [3.05, 3.63) is 0 Å². The van der Waals surface area contributed by atoms with Crippen LogP contribution in [0.1, 0.15) is 0 Å². The molecule has 0 spiro atoms. The summed E-state index contributed by atoms with van der Waals surface area (Å²) < 4.78 is 5.00. The third kappa shape index (κ3) is 2.82. The molecule has 1 fully saturated rings. The van der Waals surface area contributed by atoms with Crippen molar-refractivity contribution < 1.29 is 30.0 Å². The van der Waals surface area contributed by atoms with E-state index in [0.717, 1.165) is 0 Å². The Bertz CT molecular complexity index is 251. The van der Waals surface area contributed by atoms with E-state index < -0.39 is 43.2 Å². The van der Waals surface area contributed by atoms with Crippen molar-refractivity contribution in [2.45, 2.75) is 30.6 Å². The van der Waals surface area contributed by atoms with Crippen LogP contribution in [-0.2, 0) is 9.53 Å². The highest BCUT2D eigenvalue weighted by Crippen LogP contribution is 2.19. The van der Waals surface area contributed by atoms with Gasteiger partial charge in [0.25, 0.3) is 0 Å². The average molecular weight is 256 g/mol. The Morgan fingerprint density at radius 1 is 1.25 bits per heavy atom. The Morgan fingerprint density at radius 3 is 2.38 bits per heavy atom. The Labute approximate surface area is 96.6 Å². The van der Waals surface area contributed by atoms with Gasteiger partial charge in [0.05, 0.1) is 6.61 Å². The van der Waals surface area contributed by atoms with Crippen LogP contribution in [0.15, 0.2) is 0 Å². The molecular formula is C8H14ClNO6. The molecule has 0 saturated carbocycles. The molecule has 0 aliphatic carbocycles. The Kier molecular flexibility index (Phi) is 4.90. The number of amides is 1. The molecule has 94 valence electrons. The van der Waals surface area contributed by atoms with Gasteiger partial charge in [0, 0.05) is 0 Å². The zero-order valence-electron chi connectivity index (χ0n) is 8.28. The van der Waals surface area contributed by atoms with Crippen molar-refractivity contribution in [3.8, 4) is 0 Å². The number of hydrogen-bond donors (Lipinski definition) is 5. The maximum absolute atomic E-state index is 11.0. The smallest absolute Gasteiger partial charge is 0.236 e. The van der Waals surface area contributed by atoms with Gasteiger partial charge in [0.2, 0.25) is 5.91 Å². The molecule has 1 rings (SSSR count). The molecule has 7 nitrogen and oxygen atoms in total. The summed E-state index contributed by atoms with van der Waals surface area (Å²) in [5.74, 6) is -0.916. The minimum Gasteiger partial charge on any atom is -0.394 e. The number of carbonyl (C=O) groups excluding carboxylic acids is 1. The van der Waals surface area contributed by atoms with Gasteiger partial charge < -0.3 is 30.5 Å². The predicted octanol–water partition coefficient (Wildman–Crippen LogP) is -2.86. The van der Waals surface area contributed by atoms with E-state index in [1.165, 1.54) is 0 Å². The number of rotatable bonds is 3. The van der Waals surface area contributed by atoms with Gasteiger partial charge in [-0.25, -0.2) is 0 Å². The normalized spacial score (nSPS) is 39.4. The third-order valence-electron chi connectivity index (χ3n) is 2.32. The SMILES string of the molecule is O=C(CCl)NC1OC(CO)C(O)C(O)C1O. The van der Waals surface area contributed by atoms with Gasteiger partial charge in [-0.2, -0.15) is 0 Å². The fourth-order valence-electron chi connectivity index (χ4n) is 1.42. The van der Waals surface area contributed by atoms with Gasteiger partial charge in [0.15, 0.2) is 6.23 Å². The van der Waals surface area contributed by atoms with Crippen molar-refractivity contribution in [3.63, 3.8) is 0 Å². The van der Waals surface area contributed by atoms with E-state index in [2.05, 4.69) is 5.32 Å². The maximum Gasteiger partial charge on any atom is 0.236 e. The molecule has 5 unspecified atom stereocenters. The van der Waals surface area contributed by atoms with Crippen LogP contribution >= 0.6 is 11.6 Å². The highest BCUT2D eigenvalue weighted by atomic mass is 35.5. The molecule has 0 radical (unpaired) electrons. The van der Waals surface area contributed by atoms with Crippen LogP contribution in [-0.4, -0.2) is 69.5 Å². The largest absolute Gasteiger partial charge is 0.394 e. The van der Waals surface area contributed by atoms with Crippen molar-refractivity contribution in [1.82, 2.24) is 5.32 Å². The summed E-state index contributed by atoms with van der Waals surface area (Å²) in [6.45, 7) is -0.543. The number of ether oxygens (including phenoxy) is 1. The Morgan fingerprint density at radius 2 is 1.88 bits per heavy atom. The second-order valence-corrected chi connectivity index (χ2v) is 3.72. The Hall–Kier alpha value is -0.440. The number of carbonyl (C=O) groups is 1. The van der Waals surface area contributed by atoms with Crippen LogP contribution in [0.2, 0.25) is 0 Å². The molecule has 5 atom stereocenters. The van der Waals surface area contributed by atoms with E-state index in [4.69, 9.17) is 21.4 Å². The monoisotopic (exact) mass is 255 g/mol. The number of aliphatic hydroxyl groups excluding tert-OH is 4. The van der Waals surface area contributed by atoms with E-state index >= 15 is 0 Å². The van der Waals surface area contributed by atoms with Gasteiger partial charge in [-0.15, -0.1) is 11.6 Å². The molecule has 16 heavy (non-hydrogen) atoms. The number of nitrogens with one attached hydrogen (secondary N) is 1. The highest BCUT2D eigenvalue weighted by molar-refractivity contribution is 6.27. The minimum atomic E-state index is -1.51. The molecule has 0 aromatic rings. The second kappa shape index (κ2) is 5.76. The molecule has 1 saturated heterocycles. The molecule has 0 aromatic heterocycles. The van der Waals surface area contributed by atoms with Crippen LogP contribution in [0.5, 0.6) is 0 Å². The van der Waals surface area contributed by atoms with Crippen molar-refractivity contribution >= 4 is 17.5 Å². The van der Waals surface area contributed by atoms with E-state index in [1.54, 1.807) is 0 Å². The lowest BCUT2D eigenvalue weighted by atomic mass is 9.98. The summed E-state index contributed by atoms with van der Waals surface area (Å²) >= 11 is 5.24. The quantitative estimate of drug-likeness (QED) is 0.346. The molecule has 1 amide bonds. The summed E-state index contributed by atoms with van der Waals surface area (Å²) in [5, 5.41) is 39.4. The van der Waals surface area contributed by atoms with Crippen molar-refractivity contribution in [2.75, 3.05) is 12.5 Å². The Balaban J connectivity index is 2.67. The summed E-state index contributed by atoms with van der Waals surface area (Å²) in [7, 11) is 0. The first-order valence-electron chi connectivity index (χ1n) is 4.67.